The first-order valence-corrected chi connectivity index (χ1v) is 7.38. The summed E-state index contributed by atoms with van der Waals surface area (Å²) in [6, 6.07) is 14.0. The Morgan fingerprint density at radius 2 is 2.05 bits per heavy atom. The average molecular weight is 280 g/mol. The zero-order chi connectivity index (χ0) is 14.8. The summed E-state index contributed by atoms with van der Waals surface area (Å²) >= 11 is 0. The summed E-state index contributed by atoms with van der Waals surface area (Å²) in [4.78, 5) is 12.4. The zero-order valence-electron chi connectivity index (χ0n) is 12.4. The maximum atomic E-state index is 12.4. The number of hydrogen-bond acceptors (Lipinski definition) is 2. The van der Waals surface area contributed by atoms with Gasteiger partial charge in [-0.25, -0.2) is 0 Å². The van der Waals surface area contributed by atoms with Gasteiger partial charge in [-0.05, 0) is 49.1 Å². The summed E-state index contributed by atoms with van der Waals surface area (Å²) in [7, 11) is 0. The molecule has 1 aliphatic heterocycles. The van der Waals surface area contributed by atoms with Crippen molar-refractivity contribution in [3.05, 3.63) is 64.7 Å². The van der Waals surface area contributed by atoms with Crippen LogP contribution < -0.4 is 10.6 Å². The van der Waals surface area contributed by atoms with Crippen molar-refractivity contribution >= 4 is 11.6 Å². The summed E-state index contributed by atoms with van der Waals surface area (Å²) in [5, 5.41) is 6.39. The van der Waals surface area contributed by atoms with E-state index in [0.29, 0.717) is 5.56 Å². The first-order valence-electron chi connectivity index (χ1n) is 7.38. The van der Waals surface area contributed by atoms with Gasteiger partial charge in [0.2, 0.25) is 0 Å². The van der Waals surface area contributed by atoms with Crippen LogP contribution in [0.4, 0.5) is 5.69 Å². The molecule has 0 saturated heterocycles. The van der Waals surface area contributed by atoms with Gasteiger partial charge < -0.3 is 10.6 Å². The second-order valence-corrected chi connectivity index (χ2v) is 5.60. The second-order valence-electron chi connectivity index (χ2n) is 5.60. The maximum absolute atomic E-state index is 12.4. The molecule has 0 fully saturated rings. The number of amides is 1. The van der Waals surface area contributed by atoms with E-state index in [1.807, 2.05) is 37.3 Å². The van der Waals surface area contributed by atoms with Crippen molar-refractivity contribution in [1.82, 2.24) is 5.32 Å². The lowest BCUT2D eigenvalue weighted by molar-refractivity contribution is 0.0940. The highest BCUT2D eigenvalue weighted by Gasteiger charge is 2.16. The van der Waals surface area contributed by atoms with Crippen LogP contribution in [0.15, 0.2) is 42.5 Å². The van der Waals surface area contributed by atoms with Gasteiger partial charge in [-0.1, -0.05) is 30.3 Å². The van der Waals surface area contributed by atoms with Crippen molar-refractivity contribution < 1.29 is 4.79 Å². The van der Waals surface area contributed by atoms with E-state index in [1.165, 1.54) is 11.1 Å². The van der Waals surface area contributed by atoms with Crippen molar-refractivity contribution in [1.29, 1.82) is 0 Å². The number of carbonyl (C=O) groups excluding carboxylic acids is 1. The van der Waals surface area contributed by atoms with Crippen molar-refractivity contribution in [3.63, 3.8) is 0 Å². The Morgan fingerprint density at radius 3 is 2.86 bits per heavy atom. The largest absolute Gasteiger partial charge is 0.384 e. The Bertz CT molecular complexity index is 679. The Morgan fingerprint density at radius 1 is 1.24 bits per heavy atom. The third-order valence-electron chi connectivity index (χ3n) is 4.08. The first-order chi connectivity index (χ1) is 10.1. The van der Waals surface area contributed by atoms with E-state index >= 15 is 0 Å². The molecule has 21 heavy (non-hydrogen) atoms. The number of aryl methyl sites for hydroxylation is 1. The quantitative estimate of drug-likeness (QED) is 0.904. The lowest BCUT2D eigenvalue weighted by Crippen LogP contribution is -2.27. The molecule has 0 aromatic heterocycles. The summed E-state index contributed by atoms with van der Waals surface area (Å²) in [5.41, 5.74) is 5.44. The fourth-order valence-corrected chi connectivity index (χ4v) is 2.86. The van der Waals surface area contributed by atoms with Crippen molar-refractivity contribution in [2.45, 2.75) is 26.3 Å². The number of nitrogens with one attached hydrogen (secondary N) is 2. The molecule has 1 heterocycles. The molecule has 2 aromatic rings. The number of fused-ring (bicyclic) bond motifs is 1. The molecule has 3 rings (SSSR count). The molecule has 0 bridgehead atoms. The van der Waals surface area contributed by atoms with Gasteiger partial charge in [-0.15, -0.1) is 0 Å². The van der Waals surface area contributed by atoms with Crippen molar-refractivity contribution in [2.75, 3.05) is 11.9 Å². The van der Waals surface area contributed by atoms with Gasteiger partial charge in [0.15, 0.2) is 0 Å². The van der Waals surface area contributed by atoms with Gasteiger partial charge in [0.1, 0.15) is 0 Å². The Labute approximate surface area is 125 Å². The molecule has 2 N–H and O–H groups in total. The van der Waals surface area contributed by atoms with Crippen LogP contribution in [0.3, 0.4) is 0 Å². The van der Waals surface area contributed by atoms with Crippen LogP contribution >= 0.6 is 0 Å². The molecule has 0 saturated carbocycles. The highest BCUT2D eigenvalue weighted by molar-refractivity contribution is 5.95. The van der Waals surface area contributed by atoms with Crippen LogP contribution in [-0.2, 0) is 6.42 Å². The van der Waals surface area contributed by atoms with Gasteiger partial charge in [0.25, 0.3) is 5.91 Å². The number of rotatable bonds is 3. The van der Waals surface area contributed by atoms with Gasteiger partial charge >= 0.3 is 0 Å². The van der Waals surface area contributed by atoms with Crippen molar-refractivity contribution in [3.8, 4) is 0 Å². The molecule has 0 radical (unpaired) electrons. The summed E-state index contributed by atoms with van der Waals surface area (Å²) in [5.74, 6) is -0.0257. The van der Waals surface area contributed by atoms with Crippen LogP contribution in [0.5, 0.6) is 0 Å². The minimum atomic E-state index is -0.0257. The first kappa shape index (κ1) is 13.7. The molecule has 3 heteroatoms. The predicted octanol–water partition coefficient (Wildman–Crippen LogP) is 3.45. The van der Waals surface area contributed by atoms with Crippen LogP contribution in [0.2, 0.25) is 0 Å². The minimum Gasteiger partial charge on any atom is -0.384 e. The Balaban J connectivity index is 1.76. The standard InChI is InChI=1S/C18H20N2O/c1-12-5-3-4-6-16(12)13(2)20-18(21)15-8-7-14-9-10-19-17(14)11-15/h3-8,11,13,19H,9-10H2,1-2H3,(H,20,21). The third kappa shape index (κ3) is 2.77. The molecule has 0 spiro atoms. The molecular weight excluding hydrogens is 260 g/mol. The topological polar surface area (TPSA) is 41.1 Å². The summed E-state index contributed by atoms with van der Waals surface area (Å²) in [6.07, 6.45) is 1.04. The lowest BCUT2D eigenvalue weighted by atomic mass is 10.0. The zero-order valence-corrected chi connectivity index (χ0v) is 12.4. The molecular formula is C18H20N2O. The van der Waals surface area contributed by atoms with E-state index in [0.717, 1.165) is 24.2 Å². The molecule has 3 nitrogen and oxygen atoms in total. The van der Waals surface area contributed by atoms with Crippen LogP contribution in [-0.4, -0.2) is 12.5 Å². The molecule has 1 aliphatic rings. The number of carbonyl (C=O) groups is 1. The van der Waals surface area contributed by atoms with Crippen LogP contribution in [0.1, 0.15) is 40.0 Å². The maximum Gasteiger partial charge on any atom is 0.251 e. The highest BCUT2D eigenvalue weighted by Crippen LogP contribution is 2.24. The fraction of sp³-hybridized carbons (Fsp3) is 0.278. The van der Waals surface area contributed by atoms with Crippen LogP contribution in [0, 0.1) is 6.92 Å². The van der Waals surface area contributed by atoms with E-state index in [1.54, 1.807) is 0 Å². The predicted molar refractivity (Wildman–Crippen MR) is 85.7 cm³/mol. The normalized spacial score (nSPS) is 14.2. The molecule has 0 aliphatic carbocycles. The average Bonchev–Trinajstić information content (AvgIpc) is 2.94. The molecule has 2 aromatic carbocycles. The Hall–Kier alpha value is -2.29. The van der Waals surface area contributed by atoms with E-state index < -0.39 is 0 Å². The smallest absolute Gasteiger partial charge is 0.251 e. The van der Waals surface area contributed by atoms with Crippen LogP contribution in [0.25, 0.3) is 0 Å². The van der Waals surface area contributed by atoms with E-state index in [9.17, 15) is 4.79 Å². The number of hydrogen-bond donors (Lipinski definition) is 2. The molecule has 1 atom stereocenters. The van der Waals surface area contributed by atoms with E-state index in [-0.39, 0.29) is 11.9 Å². The Kier molecular flexibility index (Phi) is 3.65. The minimum absolute atomic E-state index is 0.0000798. The third-order valence-corrected chi connectivity index (χ3v) is 4.08. The second kappa shape index (κ2) is 5.60. The number of benzene rings is 2. The van der Waals surface area contributed by atoms with E-state index in [2.05, 4.69) is 29.7 Å². The van der Waals surface area contributed by atoms with Gasteiger partial charge in [-0.2, -0.15) is 0 Å². The number of anilines is 1. The van der Waals surface area contributed by atoms with Crippen molar-refractivity contribution in [2.24, 2.45) is 0 Å². The molecule has 1 amide bonds. The monoisotopic (exact) mass is 280 g/mol. The van der Waals surface area contributed by atoms with Gasteiger partial charge in [0, 0.05) is 17.8 Å². The fourth-order valence-electron chi connectivity index (χ4n) is 2.86. The molecule has 108 valence electrons. The van der Waals surface area contributed by atoms with E-state index in [4.69, 9.17) is 0 Å². The summed E-state index contributed by atoms with van der Waals surface area (Å²) in [6.45, 7) is 5.04. The summed E-state index contributed by atoms with van der Waals surface area (Å²) < 4.78 is 0. The molecule has 1 unspecified atom stereocenters. The highest BCUT2D eigenvalue weighted by atomic mass is 16.1. The van der Waals surface area contributed by atoms with Gasteiger partial charge in [-0.3, -0.25) is 4.79 Å². The lowest BCUT2D eigenvalue weighted by Gasteiger charge is -2.17. The van der Waals surface area contributed by atoms with Gasteiger partial charge in [0.05, 0.1) is 6.04 Å². The SMILES string of the molecule is Cc1ccccc1C(C)NC(=O)c1ccc2c(c1)NCC2.